The van der Waals surface area contributed by atoms with Crippen LogP contribution in [0.2, 0.25) is 0 Å². The number of para-hydroxylation sites is 2. The number of methoxy groups -OCH3 is 2. The Morgan fingerprint density at radius 2 is 1.61 bits per heavy atom. The molecule has 1 fully saturated rings. The minimum absolute atomic E-state index is 0.00305. The van der Waals surface area contributed by atoms with Crippen LogP contribution in [0.15, 0.2) is 71.6 Å². The smallest absolute Gasteiger partial charge is 0.263 e. The van der Waals surface area contributed by atoms with Gasteiger partial charge in [0.2, 0.25) is 5.91 Å². The van der Waals surface area contributed by atoms with Crippen LogP contribution >= 0.6 is 0 Å². The van der Waals surface area contributed by atoms with Crippen LogP contribution in [0.4, 0.5) is 23.0 Å². The second-order valence-corrected chi connectivity index (χ2v) is 11.4. The fourth-order valence-corrected chi connectivity index (χ4v) is 5.69. The van der Waals surface area contributed by atoms with Crippen LogP contribution < -0.4 is 30.1 Å². The predicted molar refractivity (Wildman–Crippen MR) is 159 cm³/mol. The van der Waals surface area contributed by atoms with Crippen molar-refractivity contribution in [3.8, 4) is 11.5 Å². The summed E-state index contributed by atoms with van der Waals surface area (Å²) in [6, 6.07) is 18.6. The molecule has 1 aliphatic heterocycles. The number of aromatic nitrogens is 2. The van der Waals surface area contributed by atoms with Crippen molar-refractivity contribution in [2.45, 2.75) is 36.6 Å². The summed E-state index contributed by atoms with van der Waals surface area (Å²) in [6.07, 6.45) is 3.46. The van der Waals surface area contributed by atoms with Gasteiger partial charge in [-0.3, -0.25) is 9.52 Å². The van der Waals surface area contributed by atoms with Crippen LogP contribution in [0.3, 0.4) is 0 Å². The van der Waals surface area contributed by atoms with E-state index in [1.165, 1.54) is 26.4 Å². The van der Waals surface area contributed by atoms with Gasteiger partial charge in [-0.1, -0.05) is 24.6 Å². The largest absolute Gasteiger partial charge is 0.497 e. The van der Waals surface area contributed by atoms with E-state index in [2.05, 4.69) is 30.6 Å². The van der Waals surface area contributed by atoms with Gasteiger partial charge in [0.25, 0.3) is 10.0 Å². The molecule has 0 saturated carbocycles. The zero-order valence-corrected chi connectivity index (χ0v) is 23.6. The molecule has 1 aliphatic rings. The average molecular weight is 577 g/mol. The van der Waals surface area contributed by atoms with Crippen molar-refractivity contribution in [3.63, 3.8) is 0 Å². The minimum Gasteiger partial charge on any atom is -0.497 e. The van der Waals surface area contributed by atoms with E-state index in [1.807, 2.05) is 6.07 Å². The third kappa shape index (κ3) is 7.02. The Balaban J connectivity index is 1.41. The standard InChI is InChI=1S/C29H32N6O5S/c1-39-22-14-21(15-23(18-22)40-2)32-28-29(34-26-12-4-3-11-25(26)33-28)35-41(37,38)24-10-7-9-20(16-24)31-27(36)17-19-8-5-6-13-30-19/h3-4,7,9-12,14-16,18-19,30H,5-6,8,13,17H2,1-2H3,(H,31,36)(H,32,33)(H,34,35). The lowest BCUT2D eigenvalue weighted by atomic mass is 10.0. The molecule has 2 heterocycles. The summed E-state index contributed by atoms with van der Waals surface area (Å²) in [6.45, 7) is 0.900. The van der Waals surface area contributed by atoms with E-state index >= 15 is 0 Å². The first-order valence-electron chi connectivity index (χ1n) is 13.3. The summed E-state index contributed by atoms with van der Waals surface area (Å²) < 4.78 is 40.3. The van der Waals surface area contributed by atoms with Gasteiger partial charge in [-0.2, -0.15) is 0 Å². The lowest BCUT2D eigenvalue weighted by Gasteiger charge is -2.22. The van der Waals surface area contributed by atoms with Gasteiger partial charge < -0.3 is 25.4 Å². The van der Waals surface area contributed by atoms with Crippen LogP contribution in [0, 0.1) is 0 Å². The number of nitrogens with zero attached hydrogens (tertiary/aromatic N) is 2. The van der Waals surface area contributed by atoms with Gasteiger partial charge >= 0.3 is 0 Å². The normalized spacial score (nSPS) is 15.2. The van der Waals surface area contributed by atoms with Crippen LogP contribution in [-0.2, 0) is 14.8 Å². The second kappa shape index (κ2) is 12.4. The van der Waals surface area contributed by atoms with Crippen molar-refractivity contribution in [1.82, 2.24) is 15.3 Å². The molecule has 41 heavy (non-hydrogen) atoms. The summed E-state index contributed by atoms with van der Waals surface area (Å²) in [5.74, 6) is 1.10. The number of nitrogens with one attached hydrogen (secondary N) is 4. The van der Waals surface area contributed by atoms with Crippen LogP contribution in [-0.4, -0.2) is 51.1 Å². The molecule has 1 amide bonds. The summed E-state index contributed by atoms with van der Waals surface area (Å²) in [7, 11) is -1.04. The van der Waals surface area contributed by atoms with Crippen molar-refractivity contribution in [1.29, 1.82) is 0 Å². The Hall–Kier alpha value is -4.42. The van der Waals surface area contributed by atoms with E-state index in [9.17, 15) is 13.2 Å². The van der Waals surface area contributed by atoms with Crippen LogP contribution in [0.25, 0.3) is 11.0 Å². The highest BCUT2D eigenvalue weighted by Crippen LogP contribution is 2.31. The van der Waals surface area contributed by atoms with Crippen molar-refractivity contribution in [2.24, 2.45) is 0 Å². The molecule has 1 aromatic heterocycles. The number of anilines is 4. The molecule has 11 nitrogen and oxygen atoms in total. The Labute approximate surface area is 238 Å². The molecule has 5 rings (SSSR count). The molecule has 3 aromatic carbocycles. The van der Waals surface area contributed by atoms with E-state index in [4.69, 9.17) is 9.47 Å². The van der Waals surface area contributed by atoms with Gasteiger partial charge in [0, 0.05) is 42.0 Å². The first kappa shape index (κ1) is 28.1. The van der Waals surface area contributed by atoms with E-state index in [0.29, 0.717) is 40.3 Å². The van der Waals surface area contributed by atoms with Gasteiger partial charge in [-0.25, -0.2) is 18.4 Å². The minimum atomic E-state index is -4.11. The number of hydrogen-bond acceptors (Lipinski definition) is 9. The van der Waals surface area contributed by atoms with Gasteiger partial charge in [0.15, 0.2) is 11.6 Å². The first-order chi connectivity index (χ1) is 19.8. The average Bonchev–Trinajstić information content (AvgIpc) is 2.97. The number of sulfonamides is 1. The molecule has 1 unspecified atom stereocenters. The van der Waals surface area contributed by atoms with Crippen molar-refractivity contribution < 1.29 is 22.7 Å². The monoisotopic (exact) mass is 576 g/mol. The maximum atomic E-state index is 13.5. The molecule has 214 valence electrons. The van der Waals surface area contributed by atoms with E-state index in [0.717, 1.165) is 25.8 Å². The molecule has 1 atom stereocenters. The Bertz CT molecular complexity index is 1630. The number of rotatable bonds is 10. The first-order valence-corrected chi connectivity index (χ1v) is 14.7. The van der Waals surface area contributed by atoms with Gasteiger partial charge in [0.1, 0.15) is 11.5 Å². The van der Waals surface area contributed by atoms with Crippen LogP contribution in [0.5, 0.6) is 11.5 Å². The molecule has 0 radical (unpaired) electrons. The predicted octanol–water partition coefficient (Wildman–Crippen LogP) is 4.66. The highest BCUT2D eigenvalue weighted by molar-refractivity contribution is 7.92. The third-order valence-electron chi connectivity index (χ3n) is 6.69. The topological polar surface area (TPSA) is 144 Å². The maximum absolute atomic E-state index is 13.5. The molecule has 0 spiro atoms. The SMILES string of the molecule is COc1cc(Nc2nc3ccccc3nc2NS(=O)(=O)c2cccc(NC(=O)CC3CCCCN3)c2)cc(OC)c1. The molecule has 12 heteroatoms. The fraction of sp³-hybridized carbons (Fsp3) is 0.276. The molecule has 1 saturated heterocycles. The molecule has 0 aliphatic carbocycles. The highest BCUT2D eigenvalue weighted by atomic mass is 32.2. The number of hydrogen-bond donors (Lipinski definition) is 4. The summed E-state index contributed by atoms with van der Waals surface area (Å²) >= 11 is 0. The lowest BCUT2D eigenvalue weighted by Crippen LogP contribution is -2.36. The van der Waals surface area contributed by atoms with E-state index in [-0.39, 0.29) is 28.5 Å². The second-order valence-electron chi connectivity index (χ2n) is 9.67. The fourth-order valence-electron chi connectivity index (χ4n) is 4.64. The van der Waals surface area contributed by atoms with Crippen molar-refractivity contribution in [2.75, 3.05) is 36.1 Å². The zero-order chi connectivity index (χ0) is 28.8. The zero-order valence-electron chi connectivity index (χ0n) is 22.8. The summed E-state index contributed by atoms with van der Waals surface area (Å²) in [5, 5.41) is 9.31. The number of ether oxygens (including phenoxy) is 2. The van der Waals surface area contributed by atoms with Crippen LogP contribution in [0.1, 0.15) is 25.7 Å². The quantitative estimate of drug-likeness (QED) is 0.212. The number of carbonyl (C=O) groups excluding carboxylic acids is 1. The summed E-state index contributed by atoms with van der Waals surface area (Å²) in [5.41, 5.74) is 2.03. The third-order valence-corrected chi connectivity index (χ3v) is 8.02. The Kier molecular flexibility index (Phi) is 8.50. The van der Waals surface area contributed by atoms with E-state index in [1.54, 1.807) is 48.5 Å². The highest BCUT2D eigenvalue weighted by Gasteiger charge is 2.21. The van der Waals surface area contributed by atoms with Crippen molar-refractivity contribution in [3.05, 3.63) is 66.7 Å². The number of carbonyl (C=O) groups is 1. The van der Waals surface area contributed by atoms with Gasteiger partial charge in [-0.15, -0.1) is 0 Å². The Morgan fingerprint density at radius 1 is 0.902 bits per heavy atom. The van der Waals surface area contributed by atoms with Crippen molar-refractivity contribution >= 4 is 50.0 Å². The molecule has 0 bridgehead atoms. The number of fused-ring (bicyclic) bond motifs is 1. The lowest BCUT2D eigenvalue weighted by molar-refractivity contribution is -0.116. The number of piperidine rings is 1. The molecular formula is C29H32N6O5S. The number of benzene rings is 3. The Morgan fingerprint density at radius 3 is 2.27 bits per heavy atom. The molecule has 4 aromatic rings. The van der Waals surface area contributed by atoms with Gasteiger partial charge in [-0.05, 0) is 49.7 Å². The molecule has 4 N–H and O–H groups in total. The van der Waals surface area contributed by atoms with Gasteiger partial charge in [0.05, 0.1) is 30.1 Å². The molecular weight excluding hydrogens is 544 g/mol. The summed E-state index contributed by atoms with van der Waals surface area (Å²) in [4.78, 5) is 21.7. The maximum Gasteiger partial charge on any atom is 0.263 e. The van der Waals surface area contributed by atoms with E-state index < -0.39 is 10.0 Å². The number of amides is 1.